The number of primary amides is 1. The lowest BCUT2D eigenvalue weighted by atomic mass is 10.2. The molecule has 0 aliphatic carbocycles. The number of carbonyl (C=O) groups excluding carboxylic acids is 2. The monoisotopic (exact) mass is 362 g/mol. The second-order valence-corrected chi connectivity index (χ2v) is 5.47. The van der Waals surface area contributed by atoms with Crippen molar-refractivity contribution in [2.24, 2.45) is 5.73 Å². The van der Waals surface area contributed by atoms with Crippen LogP contribution in [0.4, 0.5) is 0 Å². The van der Waals surface area contributed by atoms with Crippen molar-refractivity contribution in [1.82, 2.24) is 5.32 Å². The van der Waals surface area contributed by atoms with E-state index in [0.29, 0.717) is 65.8 Å². The number of ether oxygens (including phenoxy) is 4. The maximum Gasteiger partial charge on any atom is 0.220 e. The summed E-state index contributed by atoms with van der Waals surface area (Å²) in [5, 5.41) is 2.83. The van der Waals surface area contributed by atoms with Crippen LogP contribution in [0.3, 0.4) is 0 Å². The molecule has 0 rings (SSSR count). The van der Waals surface area contributed by atoms with E-state index in [0.717, 1.165) is 19.3 Å². The van der Waals surface area contributed by atoms with Crippen LogP contribution in [0.25, 0.3) is 0 Å². The SMILES string of the molecule is CCCCCC(=O)NCCOCCOCCOCCOCCC(N)=O. The topological polar surface area (TPSA) is 109 Å². The van der Waals surface area contributed by atoms with Gasteiger partial charge < -0.3 is 30.0 Å². The third kappa shape index (κ3) is 20.7. The zero-order valence-electron chi connectivity index (χ0n) is 15.4. The van der Waals surface area contributed by atoms with Crippen LogP contribution in [0.15, 0.2) is 0 Å². The zero-order valence-corrected chi connectivity index (χ0v) is 15.4. The van der Waals surface area contributed by atoms with Gasteiger partial charge in [-0.25, -0.2) is 0 Å². The van der Waals surface area contributed by atoms with Crippen LogP contribution < -0.4 is 11.1 Å². The van der Waals surface area contributed by atoms with E-state index in [1.807, 2.05) is 0 Å². The summed E-state index contributed by atoms with van der Waals surface area (Å²) < 4.78 is 21.2. The molecule has 0 aliphatic heterocycles. The van der Waals surface area contributed by atoms with Gasteiger partial charge in [-0.2, -0.15) is 0 Å². The molecule has 0 saturated carbocycles. The van der Waals surface area contributed by atoms with Crippen molar-refractivity contribution < 1.29 is 28.5 Å². The summed E-state index contributed by atoms with van der Waals surface area (Å²) in [6, 6.07) is 0. The normalized spacial score (nSPS) is 10.8. The second-order valence-electron chi connectivity index (χ2n) is 5.47. The van der Waals surface area contributed by atoms with Crippen LogP contribution in [-0.2, 0) is 28.5 Å². The Morgan fingerprint density at radius 3 is 1.80 bits per heavy atom. The molecule has 0 saturated heterocycles. The van der Waals surface area contributed by atoms with Crippen LogP contribution in [0.1, 0.15) is 39.0 Å². The summed E-state index contributed by atoms with van der Waals surface area (Å²) in [5.41, 5.74) is 4.98. The molecule has 3 N–H and O–H groups in total. The largest absolute Gasteiger partial charge is 0.379 e. The Labute approximate surface area is 150 Å². The second kappa shape index (κ2) is 19.1. The van der Waals surface area contributed by atoms with Crippen molar-refractivity contribution in [3.63, 3.8) is 0 Å². The Morgan fingerprint density at radius 1 is 0.760 bits per heavy atom. The van der Waals surface area contributed by atoms with Crippen LogP contribution in [0, 0.1) is 0 Å². The van der Waals surface area contributed by atoms with Gasteiger partial charge in [-0.05, 0) is 6.42 Å². The van der Waals surface area contributed by atoms with Crippen LogP contribution >= 0.6 is 0 Å². The Balaban J connectivity index is 3.09. The number of nitrogens with one attached hydrogen (secondary N) is 1. The number of nitrogens with two attached hydrogens (primary N) is 1. The highest BCUT2D eigenvalue weighted by Crippen LogP contribution is 1.97. The molecule has 0 unspecified atom stereocenters. The van der Waals surface area contributed by atoms with Crippen LogP contribution in [0.2, 0.25) is 0 Å². The quantitative estimate of drug-likeness (QED) is 0.326. The smallest absolute Gasteiger partial charge is 0.220 e. The van der Waals surface area contributed by atoms with Gasteiger partial charge in [0.25, 0.3) is 0 Å². The van der Waals surface area contributed by atoms with Gasteiger partial charge in [0.2, 0.25) is 11.8 Å². The standard InChI is InChI=1S/C17H34N2O6/c1-2-3-4-5-17(21)19-7-9-23-11-13-25-15-14-24-12-10-22-8-6-16(18)20/h2-15H2,1H3,(H2,18,20)(H,19,21). The van der Waals surface area contributed by atoms with Gasteiger partial charge in [-0.15, -0.1) is 0 Å². The summed E-state index contributed by atoms with van der Waals surface area (Å²) in [6.45, 7) is 6.29. The highest BCUT2D eigenvalue weighted by Gasteiger charge is 1.99. The van der Waals surface area contributed by atoms with Gasteiger partial charge in [0.15, 0.2) is 0 Å². The van der Waals surface area contributed by atoms with Gasteiger partial charge in [0, 0.05) is 19.4 Å². The first kappa shape index (κ1) is 23.8. The predicted octanol–water partition coefficient (Wildman–Crippen LogP) is 0.625. The highest BCUT2D eigenvalue weighted by molar-refractivity contribution is 5.75. The number of amides is 2. The van der Waals surface area contributed by atoms with E-state index in [9.17, 15) is 9.59 Å². The van der Waals surface area contributed by atoms with Gasteiger partial charge in [0.05, 0.1) is 52.9 Å². The Bertz CT molecular complexity index is 328. The summed E-state index contributed by atoms with van der Waals surface area (Å²) in [4.78, 5) is 21.9. The molecule has 148 valence electrons. The lowest BCUT2D eigenvalue weighted by Crippen LogP contribution is -2.27. The van der Waals surface area contributed by atoms with Crippen molar-refractivity contribution in [1.29, 1.82) is 0 Å². The highest BCUT2D eigenvalue weighted by atomic mass is 16.6. The molecule has 0 aliphatic rings. The first-order chi connectivity index (χ1) is 12.2. The maximum absolute atomic E-state index is 11.4. The van der Waals surface area contributed by atoms with Crippen molar-refractivity contribution in [2.75, 3.05) is 59.4 Å². The van der Waals surface area contributed by atoms with Crippen LogP contribution in [0.5, 0.6) is 0 Å². The molecular weight excluding hydrogens is 328 g/mol. The molecule has 2 amide bonds. The summed E-state index contributed by atoms with van der Waals surface area (Å²) in [5.74, 6) is -0.282. The fourth-order valence-corrected chi connectivity index (χ4v) is 1.82. The van der Waals surface area contributed by atoms with Gasteiger partial charge >= 0.3 is 0 Å². The minimum Gasteiger partial charge on any atom is -0.379 e. The Kier molecular flexibility index (Phi) is 18.2. The molecule has 0 heterocycles. The van der Waals surface area contributed by atoms with Crippen molar-refractivity contribution in [2.45, 2.75) is 39.0 Å². The molecule has 0 atom stereocenters. The van der Waals surface area contributed by atoms with E-state index in [4.69, 9.17) is 24.7 Å². The molecular formula is C17H34N2O6. The number of carbonyl (C=O) groups is 2. The summed E-state index contributed by atoms with van der Waals surface area (Å²) >= 11 is 0. The number of hydrogen-bond acceptors (Lipinski definition) is 6. The summed E-state index contributed by atoms with van der Waals surface area (Å²) in [7, 11) is 0. The average molecular weight is 362 g/mol. The number of rotatable bonds is 19. The van der Waals surface area contributed by atoms with E-state index in [2.05, 4.69) is 12.2 Å². The van der Waals surface area contributed by atoms with E-state index in [1.165, 1.54) is 0 Å². The van der Waals surface area contributed by atoms with Crippen molar-refractivity contribution >= 4 is 11.8 Å². The number of hydrogen-bond donors (Lipinski definition) is 2. The first-order valence-electron chi connectivity index (χ1n) is 9.02. The van der Waals surface area contributed by atoms with Gasteiger partial charge in [-0.1, -0.05) is 19.8 Å². The maximum atomic E-state index is 11.4. The molecule has 0 fully saturated rings. The molecule has 0 spiro atoms. The predicted molar refractivity (Wildman–Crippen MR) is 94.2 cm³/mol. The third-order valence-corrected chi connectivity index (χ3v) is 3.18. The summed E-state index contributed by atoms with van der Waals surface area (Å²) in [6.07, 6.45) is 3.97. The fourth-order valence-electron chi connectivity index (χ4n) is 1.82. The molecule has 8 nitrogen and oxygen atoms in total. The lowest BCUT2D eigenvalue weighted by Gasteiger charge is -2.08. The zero-order chi connectivity index (χ0) is 18.6. The molecule has 25 heavy (non-hydrogen) atoms. The van der Waals surface area contributed by atoms with Crippen molar-refractivity contribution in [3.8, 4) is 0 Å². The van der Waals surface area contributed by atoms with Crippen molar-refractivity contribution in [3.05, 3.63) is 0 Å². The fraction of sp³-hybridized carbons (Fsp3) is 0.882. The number of unbranched alkanes of at least 4 members (excludes halogenated alkanes) is 2. The molecule has 0 aromatic heterocycles. The molecule has 0 bridgehead atoms. The molecule has 0 radical (unpaired) electrons. The minimum atomic E-state index is -0.370. The van der Waals surface area contributed by atoms with E-state index >= 15 is 0 Å². The van der Waals surface area contributed by atoms with Crippen LogP contribution in [-0.4, -0.2) is 71.2 Å². The molecule has 0 aromatic carbocycles. The Hall–Kier alpha value is -1.22. The minimum absolute atomic E-state index is 0.0871. The van der Waals surface area contributed by atoms with E-state index in [1.54, 1.807) is 0 Å². The van der Waals surface area contributed by atoms with E-state index < -0.39 is 0 Å². The molecule has 8 heteroatoms. The Morgan fingerprint density at radius 2 is 1.28 bits per heavy atom. The van der Waals surface area contributed by atoms with Gasteiger partial charge in [0.1, 0.15) is 0 Å². The lowest BCUT2D eigenvalue weighted by molar-refractivity contribution is -0.121. The third-order valence-electron chi connectivity index (χ3n) is 3.18. The van der Waals surface area contributed by atoms with E-state index in [-0.39, 0.29) is 18.2 Å². The average Bonchev–Trinajstić information content (AvgIpc) is 2.58. The molecule has 0 aromatic rings. The first-order valence-corrected chi connectivity index (χ1v) is 9.02. The van der Waals surface area contributed by atoms with Gasteiger partial charge in [-0.3, -0.25) is 9.59 Å².